The van der Waals surface area contributed by atoms with E-state index in [1.807, 2.05) is 12.3 Å². The van der Waals surface area contributed by atoms with Gasteiger partial charge < -0.3 is 11.1 Å². The van der Waals surface area contributed by atoms with Crippen LogP contribution in [0.25, 0.3) is 0 Å². The van der Waals surface area contributed by atoms with Crippen LogP contribution in [0.3, 0.4) is 0 Å². The third-order valence-electron chi connectivity index (χ3n) is 3.95. The van der Waals surface area contributed by atoms with E-state index >= 15 is 0 Å². The van der Waals surface area contributed by atoms with Crippen LogP contribution in [0.15, 0.2) is 18.5 Å². The van der Waals surface area contributed by atoms with Crippen molar-refractivity contribution < 1.29 is 4.79 Å². The zero-order valence-corrected chi connectivity index (χ0v) is 13.9. The molecule has 1 heterocycles. The Hall–Kier alpha value is -0.780. The lowest BCUT2D eigenvalue weighted by atomic mass is 9.84. The van der Waals surface area contributed by atoms with Crippen LogP contribution in [0.2, 0.25) is 0 Å². The van der Waals surface area contributed by atoms with Gasteiger partial charge >= 0.3 is 0 Å². The minimum Gasteiger partial charge on any atom is -0.352 e. The van der Waals surface area contributed by atoms with Gasteiger partial charge in [-0.1, -0.05) is 19.3 Å². The highest BCUT2D eigenvalue weighted by Crippen LogP contribution is 2.26. The quantitative estimate of drug-likeness (QED) is 0.835. The number of amides is 1. The summed E-state index contributed by atoms with van der Waals surface area (Å²) >= 11 is 0. The average molecular weight is 337 g/mol. The highest BCUT2D eigenvalue weighted by Gasteiger charge is 2.23. The summed E-state index contributed by atoms with van der Waals surface area (Å²) in [5.74, 6) is 0.643. The molecule has 1 aromatic rings. The van der Waals surface area contributed by atoms with Crippen molar-refractivity contribution in [2.24, 2.45) is 11.7 Å². The number of nitrogens with one attached hydrogen (secondary N) is 1. The Balaban J connectivity index is 0.00000200. The Kier molecular flexibility index (Phi) is 10.5. The lowest BCUT2D eigenvalue weighted by Gasteiger charge is -2.30. The van der Waals surface area contributed by atoms with Gasteiger partial charge in [-0.3, -0.25) is 9.48 Å². The van der Waals surface area contributed by atoms with E-state index in [9.17, 15) is 4.79 Å². The molecule has 1 unspecified atom stereocenters. The Labute approximate surface area is 138 Å². The molecule has 2 rings (SSSR count). The second kappa shape index (κ2) is 10.9. The predicted molar refractivity (Wildman–Crippen MR) is 88.9 cm³/mol. The molecule has 1 amide bonds. The number of nitrogens with zero attached hydrogens (tertiary/aromatic N) is 2. The van der Waals surface area contributed by atoms with Gasteiger partial charge in [-0.05, 0) is 24.8 Å². The van der Waals surface area contributed by atoms with Crippen molar-refractivity contribution in [3.8, 4) is 0 Å². The van der Waals surface area contributed by atoms with Gasteiger partial charge in [-0.25, -0.2) is 0 Å². The molecule has 0 aromatic carbocycles. The summed E-state index contributed by atoms with van der Waals surface area (Å²) in [7, 11) is 0. The molecule has 3 N–H and O–H groups in total. The summed E-state index contributed by atoms with van der Waals surface area (Å²) in [5.41, 5.74) is 5.81. The Morgan fingerprint density at radius 1 is 1.33 bits per heavy atom. The highest BCUT2D eigenvalue weighted by atomic mass is 35.5. The first kappa shape index (κ1) is 20.2. The summed E-state index contributed by atoms with van der Waals surface area (Å²) < 4.78 is 1.78. The standard InChI is InChI=1S/C14H24N4O.2ClH/c15-11-13(12-5-2-1-3-6-12)17-14(19)7-10-18-9-4-8-16-18;;/h4,8-9,12-13H,1-3,5-7,10-11,15H2,(H,17,19);2*1H. The zero-order valence-electron chi connectivity index (χ0n) is 12.2. The van der Waals surface area contributed by atoms with Crippen LogP contribution < -0.4 is 11.1 Å². The average Bonchev–Trinajstić information content (AvgIpc) is 2.97. The number of carbonyl (C=O) groups excluding carboxylic acids is 1. The van der Waals surface area contributed by atoms with Crippen molar-refractivity contribution >= 4 is 30.7 Å². The van der Waals surface area contributed by atoms with Crippen molar-refractivity contribution in [1.29, 1.82) is 0 Å². The smallest absolute Gasteiger partial charge is 0.222 e. The van der Waals surface area contributed by atoms with Crippen molar-refractivity contribution in [3.05, 3.63) is 18.5 Å². The van der Waals surface area contributed by atoms with Gasteiger partial charge in [0.15, 0.2) is 0 Å². The van der Waals surface area contributed by atoms with E-state index in [0.29, 0.717) is 25.4 Å². The number of carbonyl (C=O) groups is 1. The van der Waals surface area contributed by atoms with Crippen molar-refractivity contribution in [2.45, 2.75) is 51.1 Å². The Morgan fingerprint density at radius 3 is 2.62 bits per heavy atom. The van der Waals surface area contributed by atoms with E-state index in [1.165, 1.54) is 32.1 Å². The van der Waals surface area contributed by atoms with Gasteiger partial charge in [-0.15, -0.1) is 24.8 Å². The second-order valence-corrected chi connectivity index (χ2v) is 5.33. The molecule has 1 fully saturated rings. The van der Waals surface area contributed by atoms with Crippen molar-refractivity contribution in [3.63, 3.8) is 0 Å². The van der Waals surface area contributed by atoms with Crippen LogP contribution in [0, 0.1) is 5.92 Å². The second-order valence-electron chi connectivity index (χ2n) is 5.33. The Morgan fingerprint density at radius 2 is 2.05 bits per heavy atom. The molecular weight excluding hydrogens is 311 g/mol. The van der Waals surface area contributed by atoms with Gasteiger partial charge in [0.1, 0.15) is 0 Å². The van der Waals surface area contributed by atoms with E-state index < -0.39 is 0 Å². The highest BCUT2D eigenvalue weighted by molar-refractivity contribution is 5.85. The molecule has 0 bridgehead atoms. The van der Waals surface area contributed by atoms with Gasteiger partial charge in [0.2, 0.25) is 5.91 Å². The van der Waals surface area contributed by atoms with E-state index in [2.05, 4.69) is 10.4 Å². The molecule has 0 radical (unpaired) electrons. The van der Waals surface area contributed by atoms with Gasteiger partial charge in [0, 0.05) is 37.9 Å². The molecule has 122 valence electrons. The molecule has 1 aromatic heterocycles. The summed E-state index contributed by atoms with van der Waals surface area (Å²) in [6.07, 6.45) is 10.3. The molecular formula is C14H26Cl2N4O. The van der Waals surface area contributed by atoms with Gasteiger partial charge in [0.25, 0.3) is 0 Å². The van der Waals surface area contributed by atoms with E-state index in [4.69, 9.17) is 5.73 Å². The molecule has 7 heteroatoms. The maximum absolute atomic E-state index is 11.9. The number of halogens is 2. The summed E-state index contributed by atoms with van der Waals surface area (Å²) in [6, 6.07) is 2.01. The van der Waals surface area contributed by atoms with Crippen LogP contribution in [-0.4, -0.2) is 28.3 Å². The molecule has 1 aliphatic rings. The third-order valence-corrected chi connectivity index (χ3v) is 3.95. The van der Waals surface area contributed by atoms with E-state index in [-0.39, 0.29) is 36.8 Å². The number of aryl methyl sites for hydroxylation is 1. The fourth-order valence-electron chi connectivity index (χ4n) is 2.83. The third kappa shape index (κ3) is 6.68. The van der Waals surface area contributed by atoms with Crippen LogP contribution in [0.4, 0.5) is 0 Å². The molecule has 0 saturated heterocycles. The maximum Gasteiger partial charge on any atom is 0.222 e. The predicted octanol–water partition coefficient (Wildman–Crippen LogP) is 2.14. The first-order valence-corrected chi connectivity index (χ1v) is 7.26. The van der Waals surface area contributed by atoms with Gasteiger partial charge in [-0.2, -0.15) is 5.10 Å². The van der Waals surface area contributed by atoms with Crippen LogP contribution in [0.1, 0.15) is 38.5 Å². The lowest BCUT2D eigenvalue weighted by Crippen LogP contribution is -2.46. The molecule has 0 aliphatic heterocycles. The van der Waals surface area contributed by atoms with Crippen LogP contribution >= 0.6 is 24.8 Å². The Bertz CT molecular complexity index is 380. The molecule has 5 nitrogen and oxygen atoms in total. The molecule has 0 spiro atoms. The number of aromatic nitrogens is 2. The minimum absolute atomic E-state index is 0. The van der Waals surface area contributed by atoms with E-state index in [0.717, 1.165) is 0 Å². The molecule has 21 heavy (non-hydrogen) atoms. The molecule has 1 saturated carbocycles. The maximum atomic E-state index is 11.9. The zero-order chi connectivity index (χ0) is 13.5. The number of nitrogens with two attached hydrogens (primary N) is 1. The first-order chi connectivity index (χ1) is 9.29. The number of hydrogen-bond acceptors (Lipinski definition) is 3. The first-order valence-electron chi connectivity index (χ1n) is 7.26. The normalized spacial score (nSPS) is 16.4. The molecule has 1 atom stereocenters. The van der Waals surface area contributed by atoms with E-state index in [1.54, 1.807) is 10.9 Å². The summed E-state index contributed by atoms with van der Waals surface area (Å²) in [4.78, 5) is 11.9. The number of rotatable bonds is 6. The van der Waals surface area contributed by atoms with Gasteiger partial charge in [0.05, 0.1) is 0 Å². The van der Waals surface area contributed by atoms with Crippen LogP contribution in [-0.2, 0) is 11.3 Å². The minimum atomic E-state index is 0. The van der Waals surface area contributed by atoms with Crippen molar-refractivity contribution in [1.82, 2.24) is 15.1 Å². The monoisotopic (exact) mass is 336 g/mol. The fraction of sp³-hybridized carbons (Fsp3) is 0.714. The summed E-state index contributed by atoms with van der Waals surface area (Å²) in [6.45, 7) is 1.17. The SMILES string of the molecule is Cl.Cl.NCC(NC(=O)CCn1cccn1)C1CCCCC1. The topological polar surface area (TPSA) is 72.9 Å². The van der Waals surface area contributed by atoms with Crippen molar-refractivity contribution in [2.75, 3.05) is 6.54 Å². The largest absolute Gasteiger partial charge is 0.352 e. The number of hydrogen-bond donors (Lipinski definition) is 2. The molecule has 1 aliphatic carbocycles. The fourth-order valence-corrected chi connectivity index (χ4v) is 2.83. The summed E-state index contributed by atoms with van der Waals surface area (Å²) in [5, 5.41) is 7.18. The van der Waals surface area contributed by atoms with Crippen LogP contribution in [0.5, 0.6) is 0 Å². The lowest BCUT2D eigenvalue weighted by molar-refractivity contribution is -0.122.